The highest BCUT2D eigenvalue weighted by Crippen LogP contribution is 2.10. The fraction of sp³-hybridized carbons (Fsp3) is 0.429. The fourth-order valence-corrected chi connectivity index (χ4v) is 2.47. The Morgan fingerprint density at radius 2 is 2.00 bits per heavy atom. The molecule has 0 aliphatic heterocycles. The van der Waals surface area contributed by atoms with Gasteiger partial charge in [-0.25, -0.2) is 8.42 Å². The van der Waals surface area contributed by atoms with Crippen LogP contribution in [0.1, 0.15) is 5.56 Å². The molecule has 1 N–H and O–H groups in total. The minimum absolute atomic E-state index is 0.234. The second kappa shape index (κ2) is 7.89. The quantitative estimate of drug-likeness (QED) is 0.779. The lowest BCUT2D eigenvalue weighted by atomic mass is 10.2. The van der Waals surface area contributed by atoms with Gasteiger partial charge in [0.1, 0.15) is 0 Å². The van der Waals surface area contributed by atoms with E-state index >= 15 is 0 Å². The maximum Gasteiger partial charge on any atom is 0.239 e. The molecule has 0 aliphatic carbocycles. The van der Waals surface area contributed by atoms with Gasteiger partial charge in [-0.2, -0.15) is 9.57 Å². The molecule has 0 atom stereocenters. The van der Waals surface area contributed by atoms with Gasteiger partial charge in [0, 0.05) is 18.8 Å². The standard InChI is InChI=1S/C14H20N4O3S/c1-17(2)7-8-18(22(3,20)21)11-14(19)16-13-6-4-5-12(9-13)10-15/h4-6,9H,7-8,11H2,1-3H3,(H,16,19). The number of nitrogens with one attached hydrogen (secondary N) is 1. The van der Waals surface area contributed by atoms with Crippen molar-refractivity contribution in [3.63, 3.8) is 0 Å². The van der Waals surface area contributed by atoms with Crippen LogP contribution in [-0.4, -0.2) is 63.5 Å². The van der Waals surface area contributed by atoms with Gasteiger partial charge in [0.2, 0.25) is 15.9 Å². The molecule has 0 spiro atoms. The van der Waals surface area contributed by atoms with Crippen LogP contribution in [0.2, 0.25) is 0 Å². The highest BCUT2D eigenvalue weighted by Gasteiger charge is 2.20. The number of carbonyl (C=O) groups is 1. The van der Waals surface area contributed by atoms with Crippen LogP contribution in [-0.2, 0) is 14.8 Å². The van der Waals surface area contributed by atoms with Crippen LogP contribution in [0.5, 0.6) is 0 Å². The van der Waals surface area contributed by atoms with Gasteiger partial charge in [-0.05, 0) is 32.3 Å². The van der Waals surface area contributed by atoms with Gasteiger partial charge in [0.05, 0.1) is 24.4 Å². The van der Waals surface area contributed by atoms with Gasteiger partial charge in [-0.15, -0.1) is 0 Å². The summed E-state index contributed by atoms with van der Waals surface area (Å²) >= 11 is 0. The average molecular weight is 324 g/mol. The molecular weight excluding hydrogens is 304 g/mol. The van der Waals surface area contributed by atoms with Gasteiger partial charge in [-0.1, -0.05) is 6.07 Å². The number of hydrogen-bond donors (Lipinski definition) is 1. The Labute approximate surface area is 131 Å². The zero-order valence-corrected chi connectivity index (χ0v) is 13.7. The normalized spacial score (nSPS) is 11.5. The summed E-state index contributed by atoms with van der Waals surface area (Å²) in [4.78, 5) is 13.8. The molecule has 1 aromatic rings. The summed E-state index contributed by atoms with van der Waals surface area (Å²) in [5.74, 6) is -0.445. The lowest BCUT2D eigenvalue weighted by Crippen LogP contribution is -2.41. The number of sulfonamides is 1. The first-order valence-electron chi connectivity index (χ1n) is 6.62. The van der Waals surface area contributed by atoms with Crippen molar-refractivity contribution in [1.29, 1.82) is 5.26 Å². The van der Waals surface area contributed by atoms with E-state index in [1.165, 1.54) is 6.07 Å². The maximum absolute atomic E-state index is 12.0. The summed E-state index contributed by atoms with van der Waals surface area (Å²) in [6.45, 7) is 0.491. The lowest BCUT2D eigenvalue weighted by molar-refractivity contribution is -0.116. The first-order valence-corrected chi connectivity index (χ1v) is 8.47. The first-order chi connectivity index (χ1) is 10.2. The molecule has 0 unspecified atom stereocenters. The van der Waals surface area contributed by atoms with Crippen molar-refractivity contribution in [2.45, 2.75) is 0 Å². The molecule has 1 amide bonds. The third-order valence-electron chi connectivity index (χ3n) is 2.86. The fourth-order valence-electron chi connectivity index (χ4n) is 1.70. The summed E-state index contributed by atoms with van der Waals surface area (Å²) in [5, 5.41) is 11.4. The molecule has 22 heavy (non-hydrogen) atoms. The van der Waals surface area contributed by atoms with Crippen LogP contribution in [0.3, 0.4) is 0 Å². The molecule has 0 aliphatic rings. The molecule has 0 saturated carbocycles. The summed E-state index contributed by atoms with van der Waals surface area (Å²) in [7, 11) is 0.187. The highest BCUT2D eigenvalue weighted by atomic mass is 32.2. The number of rotatable bonds is 7. The van der Waals surface area contributed by atoms with Crippen molar-refractivity contribution < 1.29 is 13.2 Å². The smallest absolute Gasteiger partial charge is 0.239 e. The zero-order valence-electron chi connectivity index (χ0n) is 12.9. The zero-order chi connectivity index (χ0) is 16.8. The SMILES string of the molecule is CN(C)CCN(CC(=O)Nc1cccc(C#N)c1)S(C)(=O)=O. The highest BCUT2D eigenvalue weighted by molar-refractivity contribution is 7.88. The van der Waals surface area contributed by atoms with Crippen molar-refractivity contribution in [3.05, 3.63) is 29.8 Å². The molecule has 0 bridgehead atoms. The second-order valence-corrected chi connectivity index (χ2v) is 7.12. The van der Waals surface area contributed by atoms with E-state index in [0.717, 1.165) is 10.6 Å². The topological polar surface area (TPSA) is 93.5 Å². The van der Waals surface area contributed by atoms with Gasteiger partial charge >= 0.3 is 0 Å². The number of likely N-dealkylation sites (N-methyl/N-ethyl adjacent to an activating group) is 1. The number of amides is 1. The molecule has 7 nitrogen and oxygen atoms in total. The van der Waals surface area contributed by atoms with E-state index in [1.807, 2.05) is 25.1 Å². The summed E-state index contributed by atoms with van der Waals surface area (Å²) in [6, 6.07) is 8.42. The molecule has 1 rings (SSSR count). The first kappa shape index (κ1) is 18.1. The van der Waals surface area contributed by atoms with Crippen LogP contribution in [0.25, 0.3) is 0 Å². The largest absolute Gasteiger partial charge is 0.325 e. The lowest BCUT2D eigenvalue weighted by Gasteiger charge is -2.21. The van der Waals surface area contributed by atoms with E-state index < -0.39 is 15.9 Å². The third kappa shape index (κ3) is 6.22. The Balaban J connectivity index is 2.72. The van der Waals surface area contributed by atoms with Crippen molar-refractivity contribution in [3.8, 4) is 6.07 Å². The van der Waals surface area contributed by atoms with Gasteiger partial charge in [0.25, 0.3) is 0 Å². The van der Waals surface area contributed by atoms with E-state index in [0.29, 0.717) is 17.8 Å². The Kier molecular flexibility index (Phi) is 6.49. The van der Waals surface area contributed by atoms with Gasteiger partial charge in [-0.3, -0.25) is 4.79 Å². The monoisotopic (exact) mass is 324 g/mol. The molecule has 0 aromatic heterocycles. The molecule has 0 fully saturated rings. The molecule has 120 valence electrons. The van der Waals surface area contributed by atoms with Crippen molar-refractivity contribution in [2.75, 3.05) is 45.3 Å². The average Bonchev–Trinajstić information content (AvgIpc) is 2.42. The van der Waals surface area contributed by atoms with E-state index in [-0.39, 0.29) is 13.1 Å². The Bertz CT molecular complexity index is 665. The number of carbonyl (C=O) groups excluding carboxylic acids is 1. The number of nitriles is 1. The van der Waals surface area contributed by atoms with E-state index in [1.54, 1.807) is 18.2 Å². The third-order valence-corrected chi connectivity index (χ3v) is 4.11. The van der Waals surface area contributed by atoms with Gasteiger partial charge in [0.15, 0.2) is 0 Å². The Hall–Kier alpha value is -1.95. The number of hydrogen-bond acceptors (Lipinski definition) is 5. The molecule has 0 radical (unpaired) electrons. The second-order valence-electron chi connectivity index (χ2n) is 5.14. The van der Waals surface area contributed by atoms with Crippen molar-refractivity contribution >= 4 is 21.6 Å². The number of nitrogens with zero attached hydrogens (tertiary/aromatic N) is 3. The van der Waals surface area contributed by atoms with E-state index in [9.17, 15) is 13.2 Å². The number of anilines is 1. The van der Waals surface area contributed by atoms with Crippen molar-refractivity contribution in [1.82, 2.24) is 9.21 Å². The van der Waals surface area contributed by atoms with Gasteiger partial charge < -0.3 is 10.2 Å². The van der Waals surface area contributed by atoms with Crippen molar-refractivity contribution in [2.24, 2.45) is 0 Å². The predicted molar refractivity (Wildman–Crippen MR) is 84.8 cm³/mol. The minimum atomic E-state index is -3.47. The Morgan fingerprint density at radius 3 is 2.55 bits per heavy atom. The minimum Gasteiger partial charge on any atom is -0.325 e. The molecule has 8 heteroatoms. The maximum atomic E-state index is 12.0. The van der Waals surface area contributed by atoms with E-state index in [2.05, 4.69) is 5.32 Å². The molecule has 1 aromatic carbocycles. The molecule has 0 saturated heterocycles. The van der Waals surface area contributed by atoms with Crippen LogP contribution >= 0.6 is 0 Å². The molecule has 0 heterocycles. The van der Waals surface area contributed by atoms with Crippen LogP contribution < -0.4 is 5.32 Å². The predicted octanol–water partition coefficient (Wildman–Crippen LogP) is 0.320. The van der Waals surface area contributed by atoms with Crippen LogP contribution in [0.4, 0.5) is 5.69 Å². The molecular formula is C14H20N4O3S. The van der Waals surface area contributed by atoms with Crippen LogP contribution in [0, 0.1) is 11.3 Å². The van der Waals surface area contributed by atoms with Crippen LogP contribution in [0.15, 0.2) is 24.3 Å². The summed E-state index contributed by atoms with van der Waals surface area (Å²) < 4.78 is 24.6. The Morgan fingerprint density at radius 1 is 1.32 bits per heavy atom. The summed E-state index contributed by atoms with van der Waals surface area (Å²) in [5.41, 5.74) is 0.885. The van der Waals surface area contributed by atoms with E-state index in [4.69, 9.17) is 5.26 Å². The number of benzene rings is 1. The summed E-state index contributed by atoms with van der Waals surface area (Å²) in [6.07, 6.45) is 1.08.